The first-order valence-corrected chi connectivity index (χ1v) is 4.63. The van der Waals surface area contributed by atoms with Gasteiger partial charge in [0.1, 0.15) is 0 Å². The van der Waals surface area contributed by atoms with Gasteiger partial charge in [0.05, 0.1) is 14.2 Å². The number of methoxy groups -OCH3 is 2. The lowest BCUT2D eigenvalue weighted by Gasteiger charge is -2.18. The number of rotatable bonds is 2. The molecule has 0 unspecified atom stereocenters. The minimum atomic E-state index is -0.946. The zero-order valence-corrected chi connectivity index (χ0v) is 9.26. The van der Waals surface area contributed by atoms with Crippen molar-refractivity contribution in [2.24, 2.45) is 0 Å². The lowest BCUT2D eigenvalue weighted by atomic mass is 10.1. The summed E-state index contributed by atoms with van der Waals surface area (Å²) in [6, 6.07) is -0.897. The molecule has 7 heteroatoms. The molecule has 0 N–H and O–H groups in total. The van der Waals surface area contributed by atoms with Crippen molar-refractivity contribution in [1.82, 2.24) is 5.06 Å². The first-order chi connectivity index (χ1) is 7.51. The van der Waals surface area contributed by atoms with Crippen LogP contribution in [-0.4, -0.2) is 49.3 Å². The highest BCUT2D eigenvalue weighted by atomic mass is 16.7. The molecular weight excluding hydrogens is 218 g/mol. The molecule has 0 aromatic rings. The number of carbonyl (C=O) groups excluding carboxylic acids is 3. The Hall–Kier alpha value is -1.63. The second-order valence-electron chi connectivity index (χ2n) is 3.24. The molecule has 0 radical (unpaired) electrons. The average molecular weight is 231 g/mol. The number of hydrogen-bond donors (Lipinski definition) is 0. The summed E-state index contributed by atoms with van der Waals surface area (Å²) in [6.45, 7) is 1.23. The van der Waals surface area contributed by atoms with Crippen LogP contribution in [0.2, 0.25) is 0 Å². The lowest BCUT2D eigenvalue weighted by molar-refractivity contribution is -0.199. The zero-order chi connectivity index (χ0) is 12.3. The molecule has 1 aliphatic heterocycles. The number of carbonyl (C=O) groups is 3. The van der Waals surface area contributed by atoms with Gasteiger partial charge in [-0.05, 0) is 0 Å². The van der Waals surface area contributed by atoms with Crippen molar-refractivity contribution in [3.63, 3.8) is 0 Å². The van der Waals surface area contributed by atoms with Crippen molar-refractivity contribution < 1.29 is 28.7 Å². The molecule has 0 aromatic carbocycles. The maximum atomic E-state index is 11.3. The summed E-state index contributed by atoms with van der Waals surface area (Å²) < 4.78 is 8.98. The smallest absolute Gasteiger partial charge is 0.337 e. The van der Waals surface area contributed by atoms with Gasteiger partial charge in [-0.1, -0.05) is 0 Å². The Morgan fingerprint density at radius 3 is 2.19 bits per heavy atom. The maximum absolute atomic E-state index is 11.3. The van der Waals surface area contributed by atoms with Gasteiger partial charge in [-0.3, -0.25) is 9.63 Å². The number of hydroxylamine groups is 2. The van der Waals surface area contributed by atoms with Crippen LogP contribution in [-0.2, 0) is 28.7 Å². The Kier molecular flexibility index (Phi) is 3.83. The fourth-order valence-corrected chi connectivity index (χ4v) is 1.44. The second kappa shape index (κ2) is 4.93. The van der Waals surface area contributed by atoms with E-state index in [4.69, 9.17) is 4.84 Å². The van der Waals surface area contributed by atoms with Crippen LogP contribution in [0.15, 0.2) is 0 Å². The normalized spacial score (nSPS) is 24.1. The van der Waals surface area contributed by atoms with E-state index in [2.05, 4.69) is 9.47 Å². The third-order valence-corrected chi connectivity index (χ3v) is 2.21. The Bertz CT molecular complexity index is 315. The average Bonchev–Trinajstić information content (AvgIpc) is 2.71. The third-order valence-electron chi connectivity index (χ3n) is 2.21. The maximum Gasteiger partial charge on any atom is 0.337 e. The molecule has 0 aromatic heterocycles. The van der Waals surface area contributed by atoms with Crippen LogP contribution < -0.4 is 0 Å². The van der Waals surface area contributed by atoms with E-state index in [1.54, 1.807) is 0 Å². The predicted octanol–water partition coefficient (Wildman–Crippen LogP) is -0.747. The highest BCUT2D eigenvalue weighted by Gasteiger charge is 2.44. The van der Waals surface area contributed by atoms with E-state index in [-0.39, 0.29) is 6.42 Å². The van der Waals surface area contributed by atoms with E-state index in [9.17, 15) is 14.4 Å². The van der Waals surface area contributed by atoms with E-state index in [1.165, 1.54) is 21.1 Å². The van der Waals surface area contributed by atoms with Crippen molar-refractivity contribution in [2.75, 3.05) is 14.2 Å². The first kappa shape index (κ1) is 12.4. The Morgan fingerprint density at radius 1 is 1.19 bits per heavy atom. The summed E-state index contributed by atoms with van der Waals surface area (Å²) >= 11 is 0. The Morgan fingerprint density at radius 2 is 1.75 bits per heavy atom. The van der Waals surface area contributed by atoms with E-state index in [0.717, 1.165) is 5.06 Å². The molecule has 7 nitrogen and oxygen atoms in total. The van der Waals surface area contributed by atoms with Crippen LogP contribution in [0.4, 0.5) is 0 Å². The van der Waals surface area contributed by atoms with Crippen LogP contribution >= 0.6 is 0 Å². The SMILES string of the molecule is COC(=O)[C@H]1C[C@@H](C(=O)OC)N(C(C)=O)O1. The topological polar surface area (TPSA) is 82.1 Å². The van der Waals surface area contributed by atoms with Crippen molar-refractivity contribution in [3.8, 4) is 0 Å². The number of amides is 1. The quantitative estimate of drug-likeness (QED) is 0.582. The van der Waals surface area contributed by atoms with Crippen LogP contribution in [0.3, 0.4) is 0 Å². The van der Waals surface area contributed by atoms with E-state index >= 15 is 0 Å². The molecule has 1 aliphatic rings. The Labute approximate surface area is 92.2 Å². The molecule has 1 amide bonds. The van der Waals surface area contributed by atoms with Crippen molar-refractivity contribution in [2.45, 2.75) is 25.5 Å². The molecule has 16 heavy (non-hydrogen) atoms. The molecule has 1 fully saturated rings. The van der Waals surface area contributed by atoms with Gasteiger partial charge < -0.3 is 9.47 Å². The number of nitrogens with zero attached hydrogens (tertiary/aromatic N) is 1. The summed E-state index contributed by atoms with van der Waals surface area (Å²) in [4.78, 5) is 38.7. The van der Waals surface area contributed by atoms with Crippen LogP contribution in [0.5, 0.6) is 0 Å². The van der Waals surface area contributed by atoms with Crippen molar-refractivity contribution in [3.05, 3.63) is 0 Å². The monoisotopic (exact) mass is 231 g/mol. The lowest BCUT2D eigenvalue weighted by Crippen LogP contribution is -2.39. The molecule has 0 aliphatic carbocycles. The van der Waals surface area contributed by atoms with Gasteiger partial charge in [0, 0.05) is 13.3 Å². The van der Waals surface area contributed by atoms with Gasteiger partial charge in [0.15, 0.2) is 12.1 Å². The molecule has 0 saturated carbocycles. The molecule has 90 valence electrons. The number of hydrogen-bond acceptors (Lipinski definition) is 6. The summed E-state index contributed by atoms with van der Waals surface area (Å²) in [5.41, 5.74) is 0. The number of esters is 2. The van der Waals surface area contributed by atoms with Gasteiger partial charge in [-0.2, -0.15) is 0 Å². The molecule has 1 heterocycles. The minimum Gasteiger partial charge on any atom is -0.467 e. The van der Waals surface area contributed by atoms with E-state index < -0.39 is 30.0 Å². The minimum absolute atomic E-state index is 0.0406. The summed E-state index contributed by atoms with van der Waals surface area (Å²) in [5, 5.41) is 0.841. The molecular formula is C9H13NO6. The van der Waals surface area contributed by atoms with Crippen LogP contribution in [0, 0.1) is 0 Å². The van der Waals surface area contributed by atoms with Gasteiger partial charge in [-0.25, -0.2) is 14.7 Å². The zero-order valence-electron chi connectivity index (χ0n) is 9.26. The van der Waals surface area contributed by atoms with Crippen LogP contribution in [0.1, 0.15) is 13.3 Å². The molecule has 1 rings (SSSR count). The number of ether oxygens (including phenoxy) is 2. The molecule has 0 bridgehead atoms. The highest BCUT2D eigenvalue weighted by molar-refractivity contribution is 5.85. The fraction of sp³-hybridized carbons (Fsp3) is 0.667. The Balaban J connectivity index is 2.79. The van der Waals surface area contributed by atoms with Crippen molar-refractivity contribution in [1.29, 1.82) is 0 Å². The fourth-order valence-electron chi connectivity index (χ4n) is 1.44. The summed E-state index contributed by atoms with van der Waals surface area (Å²) in [6.07, 6.45) is -0.906. The predicted molar refractivity (Wildman–Crippen MR) is 49.8 cm³/mol. The standard InChI is InChI=1S/C9H13NO6/c1-5(11)10-6(8(12)14-2)4-7(16-10)9(13)15-3/h6-7H,4H2,1-3H3/t6-,7+/m0/s1. The van der Waals surface area contributed by atoms with Gasteiger partial charge >= 0.3 is 11.9 Å². The first-order valence-electron chi connectivity index (χ1n) is 4.63. The third kappa shape index (κ3) is 2.30. The highest BCUT2D eigenvalue weighted by Crippen LogP contribution is 2.23. The molecule has 2 atom stereocenters. The van der Waals surface area contributed by atoms with Gasteiger partial charge in [0.25, 0.3) is 0 Å². The van der Waals surface area contributed by atoms with E-state index in [1.807, 2.05) is 0 Å². The van der Waals surface area contributed by atoms with Crippen LogP contribution in [0.25, 0.3) is 0 Å². The summed E-state index contributed by atoms with van der Waals surface area (Å²) in [5.74, 6) is -1.72. The van der Waals surface area contributed by atoms with E-state index in [0.29, 0.717) is 0 Å². The van der Waals surface area contributed by atoms with Crippen molar-refractivity contribution >= 4 is 17.8 Å². The largest absolute Gasteiger partial charge is 0.467 e. The van der Waals surface area contributed by atoms with Gasteiger partial charge in [0.2, 0.25) is 5.91 Å². The second-order valence-corrected chi connectivity index (χ2v) is 3.24. The molecule has 1 saturated heterocycles. The van der Waals surface area contributed by atoms with Gasteiger partial charge in [-0.15, -0.1) is 0 Å². The molecule has 0 spiro atoms. The summed E-state index contributed by atoms with van der Waals surface area (Å²) in [7, 11) is 2.40.